The minimum absolute atomic E-state index is 0.128. The topological polar surface area (TPSA) is 63.6 Å². The Morgan fingerprint density at radius 1 is 1.44 bits per heavy atom. The van der Waals surface area contributed by atoms with Gasteiger partial charge in [0.1, 0.15) is 0 Å². The number of carbonyl (C=O) groups is 2. The van der Waals surface area contributed by atoms with Gasteiger partial charge in [-0.2, -0.15) is 0 Å². The van der Waals surface area contributed by atoms with E-state index in [2.05, 4.69) is 20.7 Å². The maximum absolute atomic E-state index is 10.9. The van der Waals surface area contributed by atoms with Gasteiger partial charge in [0, 0.05) is 10.5 Å². The van der Waals surface area contributed by atoms with Gasteiger partial charge in [-0.3, -0.25) is 0 Å². The highest BCUT2D eigenvalue weighted by molar-refractivity contribution is 9.10. The minimum Gasteiger partial charge on any atom is -0.478 e. The number of carbonyl (C=O) groups excluding carboxylic acids is 1. The highest BCUT2D eigenvalue weighted by atomic mass is 79.9. The van der Waals surface area contributed by atoms with E-state index in [-0.39, 0.29) is 5.56 Å². The second-order valence-corrected chi connectivity index (χ2v) is 3.81. The van der Waals surface area contributed by atoms with Crippen LogP contribution >= 0.6 is 15.9 Å². The van der Waals surface area contributed by atoms with Crippen LogP contribution < -0.4 is 0 Å². The minimum atomic E-state index is -1.04. The van der Waals surface area contributed by atoms with E-state index in [1.54, 1.807) is 12.1 Å². The molecule has 5 heteroatoms. The van der Waals surface area contributed by atoms with Crippen molar-refractivity contribution in [2.24, 2.45) is 0 Å². The van der Waals surface area contributed by atoms with E-state index in [1.165, 1.54) is 25.3 Å². The summed E-state index contributed by atoms with van der Waals surface area (Å²) in [7, 11) is 1.26. The van der Waals surface area contributed by atoms with Gasteiger partial charge >= 0.3 is 11.9 Å². The Labute approximate surface area is 101 Å². The molecule has 0 aliphatic heterocycles. The third kappa shape index (κ3) is 3.20. The van der Waals surface area contributed by atoms with Crippen molar-refractivity contribution in [3.8, 4) is 0 Å². The van der Waals surface area contributed by atoms with Crippen LogP contribution in [0.4, 0.5) is 0 Å². The molecule has 0 fully saturated rings. The van der Waals surface area contributed by atoms with E-state index in [9.17, 15) is 9.59 Å². The number of carboxylic acids is 1. The number of esters is 1. The number of rotatable bonds is 3. The van der Waals surface area contributed by atoms with Gasteiger partial charge in [-0.15, -0.1) is 0 Å². The van der Waals surface area contributed by atoms with Crippen molar-refractivity contribution in [1.29, 1.82) is 0 Å². The molecule has 0 aliphatic carbocycles. The Morgan fingerprint density at radius 3 is 2.69 bits per heavy atom. The molecule has 84 valence electrons. The van der Waals surface area contributed by atoms with Gasteiger partial charge in [0.05, 0.1) is 12.7 Å². The SMILES string of the molecule is COC(=O)C=Cc1cc(Br)ccc1C(=O)O. The quantitative estimate of drug-likeness (QED) is 0.684. The number of ether oxygens (including phenoxy) is 1. The molecule has 0 saturated heterocycles. The van der Waals surface area contributed by atoms with Crippen molar-refractivity contribution in [2.75, 3.05) is 7.11 Å². The van der Waals surface area contributed by atoms with Crippen LogP contribution in [0.15, 0.2) is 28.7 Å². The van der Waals surface area contributed by atoms with Crippen LogP contribution in [0.25, 0.3) is 6.08 Å². The molecule has 0 aromatic heterocycles. The highest BCUT2D eigenvalue weighted by Crippen LogP contribution is 2.18. The Balaban J connectivity index is 3.10. The lowest BCUT2D eigenvalue weighted by molar-refractivity contribution is -0.134. The number of aromatic carboxylic acids is 1. The molecule has 0 unspecified atom stereocenters. The third-order valence-electron chi connectivity index (χ3n) is 1.84. The predicted octanol–water partition coefficient (Wildman–Crippen LogP) is 2.33. The first-order valence-corrected chi connectivity index (χ1v) is 5.12. The van der Waals surface area contributed by atoms with Crippen LogP contribution in [0.1, 0.15) is 15.9 Å². The lowest BCUT2D eigenvalue weighted by Crippen LogP contribution is -2.00. The summed E-state index contributed by atoms with van der Waals surface area (Å²) >= 11 is 3.23. The molecule has 0 amide bonds. The molecule has 0 saturated carbocycles. The van der Waals surface area contributed by atoms with Crippen molar-refractivity contribution in [1.82, 2.24) is 0 Å². The maximum atomic E-state index is 10.9. The smallest absolute Gasteiger partial charge is 0.336 e. The van der Waals surface area contributed by atoms with E-state index in [1.807, 2.05) is 0 Å². The van der Waals surface area contributed by atoms with Crippen molar-refractivity contribution < 1.29 is 19.4 Å². The molecule has 0 bridgehead atoms. The second-order valence-electron chi connectivity index (χ2n) is 2.89. The first-order valence-electron chi connectivity index (χ1n) is 4.33. The summed E-state index contributed by atoms with van der Waals surface area (Å²) in [6.07, 6.45) is 2.58. The van der Waals surface area contributed by atoms with Gasteiger partial charge in [-0.1, -0.05) is 15.9 Å². The fraction of sp³-hybridized carbons (Fsp3) is 0.0909. The normalized spacial score (nSPS) is 10.4. The van der Waals surface area contributed by atoms with Crippen LogP contribution in [0.5, 0.6) is 0 Å². The van der Waals surface area contributed by atoms with E-state index in [4.69, 9.17) is 5.11 Å². The zero-order chi connectivity index (χ0) is 12.1. The molecule has 1 rings (SSSR count). The summed E-state index contributed by atoms with van der Waals surface area (Å²) in [4.78, 5) is 21.8. The number of carboxylic acid groups (broad SMARTS) is 1. The van der Waals surface area contributed by atoms with Gasteiger partial charge in [0.2, 0.25) is 0 Å². The predicted molar refractivity (Wildman–Crippen MR) is 62.2 cm³/mol. The lowest BCUT2D eigenvalue weighted by atomic mass is 10.1. The molecule has 1 aromatic rings. The van der Waals surface area contributed by atoms with Gasteiger partial charge < -0.3 is 9.84 Å². The zero-order valence-electron chi connectivity index (χ0n) is 8.44. The number of halogens is 1. The maximum Gasteiger partial charge on any atom is 0.336 e. The lowest BCUT2D eigenvalue weighted by Gasteiger charge is -2.01. The van der Waals surface area contributed by atoms with Crippen molar-refractivity contribution in [2.45, 2.75) is 0 Å². The summed E-state index contributed by atoms with van der Waals surface area (Å²) < 4.78 is 5.16. The Bertz CT molecular complexity index is 451. The van der Waals surface area contributed by atoms with Gasteiger partial charge in [-0.25, -0.2) is 9.59 Å². The molecule has 0 aliphatic rings. The third-order valence-corrected chi connectivity index (χ3v) is 2.34. The molecule has 0 atom stereocenters. The molecule has 0 spiro atoms. The molecule has 1 aromatic carbocycles. The summed E-state index contributed by atoms with van der Waals surface area (Å²) in [5, 5.41) is 8.91. The number of methoxy groups -OCH3 is 1. The average molecular weight is 285 g/mol. The van der Waals surface area contributed by atoms with Crippen LogP contribution in [-0.4, -0.2) is 24.2 Å². The monoisotopic (exact) mass is 284 g/mol. The first kappa shape index (κ1) is 12.4. The molecule has 0 heterocycles. The first-order chi connectivity index (χ1) is 7.54. The summed E-state index contributed by atoms with van der Waals surface area (Å²) in [6, 6.07) is 4.70. The second kappa shape index (κ2) is 5.46. The van der Waals surface area contributed by atoms with Gasteiger partial charge in [0.25, 0.3) is 0 Å². The molecule has 4 nitrogen and oxygen atoms in total. The van der Waals surface area contributed by atoms with E-state index in [0.29, 0.717) is 5.56 Å². The largest absolute Gasteiger partial charge is 0.478 e. The fourth-order valence-corrected chi connectivity index (χ4v) is 1.47. The molecule has 1 N–H and O–H groups in total. The van der Waals surface area contributed by atoms with Crippen molar-refractivity contribution >= 4 is 33.9 Å². The molecule has 16 heavy (non-hydrogen) atoms. The van der Waals surface area contributed by atoms with Gasteiger partial charge in [-0.05, 0) is 29.8 Å². The molecular formula is C11H9BrO4. The average Bonchev–Trinajstić information content (AvgIpc) is 2.25. The van der Waals surface area contributed by atoms with Crippen LogP contribution in [0, 0.1) is 0 Å². The number of hydrogen-bond donors (Lipinski definition) is 1. The van der Waals surface area contributed by atoms with Crippen molar-refractivity contribution in [3.05, 3.63) is 39.9 Å². The Kier molecular flexibility index (Phi) is 4.25. The van der Waals surface area contributed by atoms with E-state index >= 15 is 0 Å². The summed E-state index contributed by atoms with van der Waals surface area (Å²) in [5.41, 5.74) is 0.565. The standard InChI is InChI=1S/C11H9BrO4/c1-16-10(13)5-2-7-6-8(12)3-4-9(7)11(14)15/h2-6H,1H3,(H,14,15). The van der Waals surface area contributed by atoms with Crippen LogP contribution in [-0.2, 0) is 9.53 Å². The van der Waals surface area contributed by atoms with Gasteiger partial charge in [0.15, 0.2) is 0 Å². The Morgan fingerprint density at radius 2 is 2.12 bits per heavy atom. The van der Waals surface area contributed by atoms with Crippen molar-refractivity contribution in [3.63, 3.8) is 0 Å². The fourth-order valence-electron chi connectivity index (χ4n) is 1.09. The van der Waals surface area contributed by atoms with Crippen LogP contribution in [0.3, 0.4) is 0 Å². The van der Waals surface area contributed by atoms with Crippen LogP contribution in [0.2, 0.25) is 0 Å². The Hall–Kier alpha value is -1.62. The highest BCUT2D eigenvalue weighted by Gasteiger charge is 2.08. The molecule has 0 radical (unpaired) electrons. The number of hydrogen-bond acceptors (Lipinski definition) is 3. The molecular weight excluding hydrogens is 276 g/mol. The summed E-state index contributed by atoms with van der Waals surface area (Å²) in [6.45, 7) is 0. The zero-order valence-corrected chi connectivity index (χ0v) is 10.0. The van der Waals surface area contributed by atoms with E-state index in [0.717, 1.165) is 4.47 Å². The van der Waals surface area contributed by atoms with E-state index < -0.39 is 11.9 Å². The summed E-state index contributed by atoms with van der Waals surface area (Å²) in [5.74, 6) is -1.58. The number of benzene rings is 1.